The Bertz CT molecular complexity index is 283. The van der Waals surface area contributed by atoms with Crippen LogP contribution in [-0.4, -0.2) is 5.24 Å². The summed E-state index contributed by atoms with van der Waals surface area (Å²) in [6, 6.07) is 0. The lowest BCUT2D eigenvalue weighted by molar-refractivity contribution is -0.144. The highest BCUT2D eigenvalue weighted by atomic mass is 35.5. The monoisotopic (exact) mass is 212 g/mol. The number of halogens is 1. The molecule has 0 aromatic heterocycles. The van der Waals surface area contributed by atoms with Gasteiger partial charge >= 0.3 is 0 Å². The second kappa shape index (κ2) is 2.55. The fourth-order valence-electron chi connectivity index (χ4n) is 4.95. The maximum absolute atomic E-state index is 11.6. The van der Waals surface area contributed by atoms with Crippen molar-refractivity contribution in [3.05, 3.63) is 0 Å². The van der Waals surface area contributed by atoms with E-state index in [1.807, 2.05) is 0 Å². The van der Waals surface area contributed by atoms with Gasteiger partial charge in [0.25, 0.3) is 0 Å². The van der Waals surface area contributed by atoms with E-state index in [1.54, 1.807) is 0 Å². The Morgan fingerprint density at radius 3 is 2.21 bits per heavy atom. The second-order valence-electron chi connectivity index (χ2n) is 6.33. The van der Waals surface area contributed by atoms with Crippen LogP contribution in [0, 0.1) is 22.7 Å². The summed E-state index contributed by atoms with van der Waals surface area (Å²) in [4.78, 5) is 11.6. The number of hydrogen-bond acceptors (Lipinski definition) is 1. The summed E-state index contributed by atoms with van der Waals surface area (Å²) in [6.45, 7) is 2.36. The van der Waals surface area contributed by atoms with E-state index in [4.69, 9.17) is 11.6 Å². The molecule has 2 heteroatoms. The van der Waals surface area contributed by atoms with Gasteiger partial charge in [0.2, 0.25) is 5.24 Å². The Kier molecular flexibility index (Phi) is 1.68. The van der Waals surface area contributed by atoms with E-state index in [0.29, 0.717) is 5.41 Å². The summed E-state index contributed by atoms with van der Waals surface area (Å²) >= 11 is 5.82. The highest BCUT2D eigenvalue weighted by molar-refractivity contribution is 6.64. The largest absolute Gasteiger partial charge is 0.281 e. The van der Waals surface area contributed by atoms with Crippen LogP contribution in [0.3, 0.4) is 0 Å². The minimum Gasteiger partial charge on any atom is -0.281 e. The zero-order valence-electron chi connectivity index (χ0n) is 8.68. The van der Waals surface area contributed by atoms with Gasteiger partial charge in [0, 0.05) is 5.41 Å². The second-order valence-corrected chi connectivity index (χ2v) is 6.67. The van der Waals surface area contributed by atoms with E-state index in [9.17, 15) is 4.79 Å². The van der Waals surface area contributed by atoms with Crippen LogP contribution in [0.25, 0.3) is 0 Å². The smallest absolute Gasteiger partial charge is 0.227 e. The van der Waals surface area contributed by atoms with E-state index < -0.39 is 0 Å². The normalized spacial score (nSPS) is 55.0. The fourth-order valence-corrected chi connectivity index (χ4v) is 5.17. The fraction of sp³-hybridized carbons (Fsp3) is 0.917. The van der Waals surface area contributed by atoms with Crippen LogP contribution < -0.4 is 0 Å². The minimum absolute atomic E-state index is 0.0437. The first-order valence-corrected chi connectivity index (χ1v) is 6.09. The average molecular weight is 213 g/mol. The van der Waals surface area contributed by atoms with Crippen LogP contribution in [-0.2, 0) is 4.79 Å². The lowest BCUT2D eigenvalue weighted by Crippen LogP contribution is -2.53. The van der Waals surface area contributed by atoms with Crippen LogP contribution in [0.2, 0.25) is 0 Å². The molecule has 0 amide bonds. The van der Waals surface area contributed by atoms with Gasteiger partial charge in [-0.05, 0) is 67.4 Å². The molecule has 0 aliphatic heterocycles. The summed E-state index contributed by atoms with van der Waals surface area (Å²) in [7, 11) is 0. The molecular formula is C12H17ClO. The van der Waals surface area contributed by atoms with Crippen LogP contribution >= 0.6 is 11.6 Å². The van der Waals surface area contributed by atoms with Crippen molar-refractivity contribution in [2.75, 3.05) is 0 Å². The molecule has 0 spiro atoms. The maximum Gasteiger partial charge on any atom is 0.227 e. The van der Waals surface area contributed by atoms with E-state index in [-0.39, 0.29) is 10.7 Å². The zero-order chi connectivity index (χ0) is 9.97. The van der Waals surface area contributed by atoms with Crippen molar-refractivity contribution in [1.82, 2.24) is 0 Å². The number of rotatable bonds is 1. The lowest BCUT2D eigenvalue weighted by Gasteiger charge is -2.59. The molecule has 4 aliphatic rings. The topological polar surface area (TPSA) is 17.1 Å². The number of carbonyl (C=O) groups is 1. The SMILES string of the molecule is CC12CC3CC(C1)CC(C(=O)Cl)(C3)C2. The number of carbonyl (C=O) groups excluding carboxylic acids is 1. The summed E-state index contributed by atoms with van der Waals surface area (Å²) in [5, 5.41) is -0.0437. The summed E-state index contributed by atoms with van der Waals surface area (Å²) in [6.07, 6.45) is 7.28. The Labute approximate surface area is 90.2 Å². The highest BCUT2D eigenvalue weighted by Gasteiger charge is 2.58. The predicted octanol–water partition coefficient (Wildman–Crippen LogP) is 3.36. The van der Waals surface area contributed by atoms with Gasteiger partial charge in [-0.3, -0.25) is 4.79 Å². The molecule has 0 radical (unpaired) electrons. The first-order chi connectivity index (χ1) is 6.51. The molecule has 2 unspecified atom stereocenters. The zero-order valence-corrected chi connectivity index (χ0v) is 9.44. The van der Waals surface area contributed by atoms with Crippen LogP contribution in [0.5, 0.6) is 0 Å². The van der Waals surface area contributed by atoms with Crippen molar-refractivity contribution < 1.29 is 4.79 Å². The first-order valence-electron chi connectivity index (χ1n) is 5.71. The first kappa shape index (κ1) is 9.21. The third-order valence-electron chi connectivity index (χ3n) is 4.77. The number of hydrogen-bond donors (Lipinski definition) is 0. The quantitative estimate of drug-likeness (QED) is 0.610. The summed E-state index contributed by atoms with van der Waals surface area (Å²) in [5.74, 6) is 1.59. The van der Waals surface area contributed by atoms with Crippen LogP contribution in [0.4, 0.5) is 0 Å². The molecule has 0 aromatic carbocycles. The van der Waals surface area contributed by atoms with E-state index in [2.05, 4.69) is 6.92 Å². The van der Waals surface area contributed by atoms with Gasteiger partial charge in [-0.1, -0.05) is 6.92 Å². The molecule has 2 atom stereocenters. The predicted molar refractivity (Wildman–Crippen MR) is 56.1 cm³/mol. The molecular weight excluding hydrogens is 196 g/mol. The van der Waals surface area contributed by atoms with Crippen molar-refractivity contribution in [2.24, 2.45) is 22.7 Å². The third kappa shape index (κ3) is 1.11. The Balaban J connectivity index is 2.00. The molecule has 0 saturated heterocycles. The highest BCUT2D eigenvalue weighted by Crippen LogP contribution is 2.65. The Morgan fingerprint density at radius 1 is 1.21 bits per heavy atom. The minimum atomic E-state index is -0.111. The standard InChI is InChI=1S/C12H17ClO/c1-11-3-8-2-9(4-11)6-12(5-8,7-11)10(13)14/h8-9H,2-7H2,1H3. The average Bonchev–Trinajstić information content (AvgIpc) is 1.98. The van der Waals surface area contributed by atoms with Gasteiger partial charge in [0.15, 0.2) is 0 Å². The van der Waals surface area contributed by atoms with Gasteiger partial charge in [-0.25, -0.2) is 0 Å². The van der Waals surface area contributed by atoms with E-state index in [0.717, 1.165) is 31.1 Å². The van der Waals surface area contributed by atoms with Crippen molar-refractivity contribution >= 4 is 16.8 Å². The van der Waals surface area contributed by atoms with Crippen LogP contribution in [0.15, 0.2) is 0 Å². The molecule has 0 heterocycles. The van der Waals surface area contributed by atoms with Gasteiger partial charge < -0.3 is 0 Å². The molecule has 4 rings (SSSR count). The summed E-state index contributed by atoms with van der Waals surface area (Å²) in [5.41, 5.74) is 0.328. The molecule has 4 bridgehead atoms. The third-order valence-corrected chi connectivity index (χ3v) is 5.17. The van der Waals surface area contributed by atoms with Gasteiger partial charge in [0.1, 0.15) is 0 Å². The molecule has 78 valence electrons. The molecule has 0 aromatic rings. The molecule has 4 aliphatic carbocycles. The van der Waals surface area contributed by atoms with Crippen molar-refractivity contribution in [2.45, 2.75) is 45.4 Å². The lowest BCUT2D eigenvalue weighted by atomic mass is 9.45. The van der Waals surface area contributed by atoms with Gasteiger partial charge in [-0.2, -0.15) is 0 Å². The summed E-state index contributed by atoms with van der Waals surface area (Å²) < 4.78 is 0. The van der Waals surface area contributed by atoms with E-state index >= 15 is 0 Å². The Hall–Kier alpha value is -0.0400. The van der Waals surface area contributed by atoms with Gasteiger partial charge in [0.05, 0.1) is 0 Å². The van der Waals surface area contributed by atoms with Crippen molar-refractivity contribution in [3.63, 3.8) is 0 Å². The maximum atomic E-state index is 11.6. The molecule has 0 N–H and O–H groups in total. The molecule has 4 saturated carbocycles. The molecule has 1 nitrogen and oxygen atoms in total. The van der Waals surface area contributed by atoms with Crippen molar-refractivity contribution in [3.8, 4) is 0 Å². The Morgan fingerprint density at radius 2 is 1.79 bits per heavy atom. The molecule has 4 fully saturated rings. The van der Waals surface area contributed by atoms with Gasteiger partial charge in [-0.15, -0.1) is 0 Å². The van der Waals surface area contributed by atoms with Crippen molar-refractivity contribution in [1.29, 1.82) is 0 Å². The van der Waals surface area contributed by atoms with Crippen LogP contribution in [0.1, 0.15) is 45.4 Å². The van der Waals surface area contributed by atoms with E-state index in [1.165, 1.54) is 19.3 Å². The molecule has 14 heavy (non-hydrogen) atoms.